The second kappa shape index (κ2) is 8.90. The fourth-order valence-corrected chi connectivity index (χ4v) is 3.00. The first kappa shape index (κ1) is 16.1. The largest absolute Gasteiger partial charge is 0.333 e. The molecule has 1 heterocycles. The highest BCUT2D eigenvalue weighted by Gasteiger charge is 2.12. The van der Waals surface area contributed by atoms with Crippen LogP contribution in [0, 0.1) is 0 Å². The van der Waals surface area contributed by atoms with Crippen molar-refractivity contribution in [2.45, 2.75) is 38.3 Å². The molecule has 4 heteroatoms. The number of thioether (sulfide) groups is 1. The zero-order valence-corrected chi connectivity index (χ0v) is 13.6. The molecule has 0 unspecified atom stereocenters. The number of imidazole rings is 1. The van der Waals surface area contributed by atoms with E-state index in [0.717, 1.165) is 18.7 Å². The monoisotopic (exact) mass is 303 g/mol. The van der Waals surface area contributed by atoms with Gasteiger partial charge in [-0.05, 0) is 36.8 Å². The van der Waals surface area contributed by atoms with Crippen LogP contribution in [0.15, 0.2) is 42.9 Å². The fourth-order valence-electron chi connectivity index (χ4n) is 2.50. The number of hydrogen-bond donors (Lipinski definition) is 1. The number of aryl methyl sites for hydroxylation is 1. The Balaban J connectivity index is 1.87. The normalized spacial score (nSPS) is 12.5. The van der Waals surface area contributed by atoms with E-state index in [1.165, 1.54) is 30.6 Å². The van der Waals surface area contributed by atoms with Crippen LogP contribution < -0.4 is 5.73 Å². The smallest absolute Gasteiger partial charge is 0.0948 e. The molecule has 2 rings (SSSR count). The van der Waals surface area contributed by atoms with Gasteiger partial charge in [0.1, 0.15) is 0 Å². The lowest BCUT2D eigenvalue weighted by molar-refractivity contribution is 0.556. The minimum atomic E-state index is 0.0149. The molecule has 21 heavy (non-hydrogen) atoms. The minimum Gasteiger partial charge on any atom is -0.333 e. The van der Waals surface area contributed by atoms with Gasteiger partial charge >= 0.3 is 0 Å². The highest BCUT2D eigenvalue weighted by atomic mass is 32.2. The van der Waals surface area contributed by atoms with Crippen molar-refractivity contribution in [1.29, 1.82) is 0 Å². The molecule has 0 spiro atoms. The van der Waals surface area contributed by atoms with Gasteiger partial charge in [-0.25, -0.2) is 4.98 Å². The van der Waals surface area contributed by atoms with Crippen molar-refractivity contribution in [3.05, 3.63) is 54.1 Å². The van der Waals surface area contributed by atoms with Crippen LogP contribution in [0.2, 0.25) is 0 Å². The maximum Gasteiger partial charge on any atom is 0.0948 e. The summed E-state index contributed by atoms with van der Waals surface area (Å²) in [5, 5.41) is 0. The quantitative estimate of drug-likeness (QED) is 0.719. The van der Waals surface area contributed by atoms with Gasteiger partial charge in [0.25, 0.3) is 0 Å². The Labute approximate surface area is 132 Å². The molecule has 0 amide bonds. The van der Waals surface area contributed by atoms with Gasteiger partial charge in [-0.2, -0.15) is 11.8 Å². The molecule has 0 aliphatic heterocycles. The van der Waals surface area contributed by atoms with Crippen molar-refractivity contribution in [3.8, 4) is 0 Å². The van der Waals surface area contributed by atoms with Gasteiger partial charge < -0.3 is 10.3 Å². The summed E-state index contributed by atoms with van der Waals surface area (Å²) in [5.41, 5.74) is 8.78. The van der Waals surface area contributed by atoms with Crippen molar-refractivity contribution in [3.63, 3.8) is 0 Å². The molecule has 0 saturated carbocycles. The maximum absolute atomic E-state index is 6.36. The molecule has 0 aliphatic rings. The summed E-state index contributed by atoms with van der Waals surface area (Å²) < 4.78 is 2.21. The lowest BCUT2D eigenvalue weighted by atomic mass is 10.0. The third kappa shape index (κ3) is 5.21. The van der Waals surface area contributed by atoms with Crippen LogP contribution in [0.25, 0.3) is 0 Å². The van der Waals surface area contributed by atoms with E-state index in [2.05, 4.69) is 40.1 Å². The lowest BCUT2D eigenvalue weighted by Crippen LogP contribution is -2.17. The predicted molar refractivity (Wildman–Crippen MR) is 91.5 cm³/mol. The van der Waals surface area contributed by atoms with Crippen LogP contribution in [-0.2, 0) is 13.0 Å². The van der Waals surface area contributed by atoms with E-state index in [1.807, 2.05) is 30.4 Å². The van der Waals surface area contributed by atoms with E-state index in [9.17, 15) is 0 Å². The summed E-state index contributed by atoms with van der Waals surface area (Å²) in [5.74, 6) is 1.25. The summed E-state index contributed by atoms with van der Waals surface area (Å²) in [7, 11) is 0. The Morgan fingerprint density at radius 1 is 1.19 bits per heavy atom. The van der Waals surface area contributed by atoms with E-state index >= 15 is 0 Å². The third-order valence-corrected chi connectivity index (χ3v) is 4.37. The molecule has 0 fully saturated rings. The summed E-state index contributed by atoms with van der Waals surface area (Å²) in [6, 6.07) is 10.4. The van der Waals surface area contributed by atoms with E-state index < -0.39 is 0 Å². The number of hydrogen-bond acceptors (Lipinski definition) is 3. The minimum absolute atomic E-state index is 0.0149. The zero-order chi connectivity index (χ0) is 14.9. The molecule has 0 radical (unpaired) electrons. The first-order valence-electron chi connectivity index (χ1n) is 7.59. The topological polar surface area (TPSA) is 43.8 Å². The fraction of sp³-hybridized carbons (Fsp3) is 0.471. The van der Waals surface area contributed by atoms with Crippen molar-refractivity contribution in [1.82, 2.24) is 9.55 Å². The van der Waals surface area contributed by atoms with Gasteiger partial charge in [0.05, 0.1) is 18.1 Å². The molecule has 2 N–H and O–H groups in total. The van der Waals surface area contributed by atoms with E-state index in [0.29, 0.717) is 0 Å². The molecule has 114 valence electrons. The summed E-state index contributed by atoms with van der Waals surface area (Å²) >= 11 is 1.92. The molecule has 0 aliphatic carbocycles. The van der Waals surface area contributed by atoms with Crippen molar-refractivity contribution < 1.29 is 0 Å². The number of nitrogens with two attached hydrogens (primary N) is 1. The Bertz CT molecular complexity index is 510. The average Bonchev–Trinajstić information content (AvgIpc) is 2.96. The Kier molecular flexibility index (Phi) is 6.83. The molecule has 3 nitrogen and oxygen atoms in total. The number of aromatic nitrogens is 2. The number of unbranched alkanes of at least 4 members (excludes halogenated alkanes) is 2. The predicted octanol–water partition coefficient (Wildman–Crippen LogP) is 3.66. The molecular formula is C17H25N3S. The van der Waals surface area contributed by atoms with Crippen LogP contribution in [-0.4, -0.2) is 21.6 Å². The number of rotatable bonds is 9. The van der Waals surface area contributed by atoms with Crippen LogP contribution in [0.1, 0.15) is 36.6 Å². The van der Waals surface area contributed by atoms with E-state index in [4.69, 9.17) is 5.73 Å². The Morgan fingerprint density at radius 2 is 2.00 bits per heavy atom. The van der Waals surface area contributed by atoms with E-state index in [1.54, 1.807) is 0 Å². The number of benzene rings is 1. The SMILES string of the molecule is CSCCCCCn1cncc1[C@H](N)Cc1ccccc1. The van der Waals surface area contributed by atoms with Crippen molar-refractivity contribution >= 4 is 11.8 Å². The van der Waals surface area contributed by atoms with Gasteiger partial charge in [-0.1, -0.05) is 36.8 Å². The van der Waals surface area contributed by atoms with Gasteiger partial charge in [-0.3, -0.25) is 0 Å². The van der Waals surface area contributed by atoms with Gasteiger partial charge in [0, 0.05) is 12.7 Å². The molecule has 0 saturated heterocycles. The highest BCUT2D eigenvalue weighted by Crippen LogP contribution is 2.16. The first-order chi connectivity index (χ1) is 10.3. The van der Waals surface area contributed by atoms with Crippen LogP contribution >= 0.6 is 11.8 Å². The van der Waals surface area contributed by atoms with Crippen LogP contribution in [0.5, 0.6) is 0 Å². The van der Waals surface area contributed by atoms with Crippen molar-refractivity contribution in [2.75, 3.05) is 12.0 Å². The second-order valence-corrected chi connectivity index (χ2v) is 6.35. The molecule has 2 aromatic rings. The van der Waals surface area contributed by atoms with Crippen LogP contribution in [0.3, 0.4) is 0 Å². The Morgan fingerprint density at radius 3 is 2.76 bits per heavy atom. The van der Waals surface area contributed by atoms with Gasteiger partial charge in [0.2, 0.25) is 0 Å². The maximum atomic E-state index is 6.36. The summed E-state index contributed by atoms with van der Waals surface area (Å²) in [4.78, 5) is 4.28. The second-order valence-electron chi connectivity index (χ2n) is 5.36. The van der Waals surface area contributed by atoms with Crippen molar-refractivity contribution in [2.24, 2.45) is 5.73 Å². The average molecular weight is 303 g/mol. The molecule has 0 bridgehead atoms. The van der Waals surface area contributed by atoms with Crippen LogP contribution in [0.4, 0.5) is 0 Å². The Hall–Kier alpha value is -1.26. The molecule has 1 aromatic carbocycles. The number of nitrogens with zero attached hydrogens (tertiary/aromatic N) is 2. The lowest BCUT2D eigenvalue weighted by Gasteiger charge is -2.15. The highest BCUT2D eigenvalue weighted by molar-refractivity contribution is 7.98. The van der Waals surface area contributed by atoms with E-state index in [-0.39, 0.29) is 6.04 Å². The van der Waals surface area contributed by atoms with Gasteiger partial charge in [0.15, 0.2) is 0 Å². The molecule has 1 aromatic heterocycles. The summed E-state index contributed by atoms with van der Waals surface area (Å²) in [6.45, 7) is 1.02. The zero-order valence-electron chi connectivity index (χ0n) is 12.7. The molecular weight excluding hydrogens is 278 g/mol. The first-order valence-corrected chi connectivity index (χ1v) is 8.99. The standard InChI is InChI=1S/C17H25N3S/c1-21-11-7-3-6-10-20-14-19-13-17(20)16(18)12-15-8-4-2-5-9-15/h2,4-5,8-9,13-14,16H,3,6-7,10-12,18H2,1H3/t16-/m1/s1. The molecule has 1 atom stereocenters. The summed E-state index contributed by atoms with van der Waals surface area (Å²) in [6.07, 6.45) is 10.6. The van der Waals surface area contributed by atoms with Gasteiger partial charge in [-0.15, -0.1) is 0 Å². The third-order valence-electron chi connectivity index (χ3n) is 3.67.